The standard InChI is InChI=1S/C16H12N2OS/c17-12-13-6-8-14(9-7-13)18-16(19)10-11-20-15-4-2-1-3-5-15/h1-11H,(H,18,19). The van der Waals surface area contributed by atoms with Crippen LogP contribution < -0.4 is 5.32 Å². The first-order valence-corrected chi connectivity index (χ1v) is 6.85. The van der Waals surface area contributed by atoms with Crippen LogP contribution in [-0.2, 0) is 4.79 Å². The van der Waals surface area contributed by atoms with E-state index in [1.165, 1.54) is 17.8 Å². The summed E-state index contributed by atoms with van der Waals surface area (Å²) in [5.74, 6) is -0.196. The van der Waals surface area contributed by atoms with Crippen LogP contribution in [0.15, 0.2) is 71.0 Å². The highest BCUT2D eigenvalue weighted by molar-refractivity contribution is 8.02. The molecule has 0 fully saturated rings. The summed E-state index contributed by atoms with van der Waals surface area (Å²) in [5, 5.41) is 13.2. The summed E-state index contributed by atoms with van der Waals surface area (Å²) < 4.78 is 0. The van der Waals surface area contributed by atoms with Gasteiger partial charge in [-0.25, -0.2) is 0 Å². The van der Waals surface area contributed by atoms with E-state index in [-0.39, 0.29) is 5.91 Å². The molecule has 0 radical (unpaired) electrons. The molecule has 20 heavy (non-hydrogen) atoms. The van der Waals surface area contributed by atoms with Crippen molar-refractivity contribution in [1.82, 2.24) is 0 Å². The number of amides is 1. The fourth-order valence-corrected chi connectivity index (χ4v) is 2.15. The van der Waals surface area contributed by atoms with E-state index < -0.39 is 0 Å². The van der Waals surface area contributed by atoms with E-state index in [0.29, 0.717) is 11.3 Å². The van der Waals surface area contributed by atoms with Gasteiger partial charge in [0, 0.05) is 16.7 Å². The molecule has 0 aliphatic rings. The van der Waals surface area contributed by atoms with E-state index in [9.17, 15) is 4.79 Å². The Kier molecular flexibility index (Phi) is 4.99. The van der Waals surface area contributed by atoms with Crippen molar-refractivity contribution in [2.24, 2.45) is 0 Å². The third-order valence-electron chi connectivity index (χ3n) is 2.45. The molecular formula is C16H12N2OS. The maximum Gasteiger partial charge on any atom is 0.248 e. The molecule has 2 rings (SSSR count). The van der Waals surface area contributed by atoms with Crippen molar-refractivity contribution in [2.75, 3.05) is 5.32 Å². The molecule has 4 heteroatoms. The van der Waals surface area contributed by atoms with Gasteiger partial charge in [-0.05, 0) is 41.8 Å². The summed E-state index contributed by atoms with van der Waals surface area (Å²) in [6.07, 6.45) is 1.48. The molecule has 1 amide bonds. The molecule has 0 atom stereocenters. The quantitative estimate of drug-likeness (QED) is 0.684. The molecule has 2 aromatic rings. The number of carbonyl (C=O) groups excluding carboxylic acids is 1. The van der Waals surface area contributed by atoms with E-state index in [4.69, 9.17) is 5.26 Å². The lowest BCUT2D eigenvalue weighted by molar-refractivity contribution is -0.111. The number of thioether (sulfide) groups is 1. The van der Waals surface area contributed by atoms with Gasteiger partial charge in [0.25, 0.3) is 0 Å². The smallest absolute Gasteiger partial charge is 0.248 e. The fraction of sp³-hybridized carbons (Fsp3) is 0. The number of benzene rings is 2. The van der Waals surface area contributed by atoms with Gasteiger partial charge in [0.05, 0.1) is 11.6 Å². The molecule has 0 heterocycles. The first-order valence-electron chi connectivity index (χ1n) is 5.97. The van der Waals surface area contributed by atoms with Crippen LogP contribution in [0.2, 0.25) is 0 Å². The lowest BCUT2D eigenvalue weighted by Crippen LogP contribution is -2.07. The normalized spacial score (nSPS) is 10.2. The Balaban J connectivity index is 1.87. The van der Waals surface area contributed by atoms with Crippen molar-refractivity contribution in [1.29, 1.82) is 5.26 Å². The van der Waals surface area contributed by atoms with Gasteiger partial charge in [0.15, 0.2) is 0 Å². The molecule has 0 aliphatic heterocycles. The van der Waals surface area contributed by atoms with E-state index in [0.717, 1.165) is 4.90 Å². The largest absolute Gasteiger partial charge is 0.322 e. The van der Waals surface area contributed by atoms with Crippen molar-refractivity contribution in [2.45, 2.75) is 4.90 Å². The van der Waals surface area contributed by atoms with Crippen LogP contribution in [0, 0.1) is 11.3 Å². The first kappa shape index (κ1) is 13.9. The monoisotopic (exact) mass is 280 g/mol. The van der Waals surface area contributed by atoms with Gasteiger partial charge in [-0.3, -0.25) is 4.79 Å². The maximum absolute atomic E-state index is 11.7. The molecular weight excluding hydrogens is 268 g/mol. The van der Waals surface area contributed by atoms with Crippen molar-refractivity contribution < 1.29 is 4.79 Å². The molecule has 2 aromatic carbocycles. The first-order chi connectivity index (χ1) is 9.78. The second kappa shape index (κ2) is 7.17. The third-order valence-corrected chi connectivity index (χ3v) is 3.26. The zero-order valence-corrected chi connectivity index (χ0v) is 11.4. The minimum absolute atomic E-state index is 0.196. The second-order valence-corrected chi connectivity index (χ2v) is 4.89. The number of nitriles is 1. The molecule has 0 spiro atoms. The fourth-order valence-electron chi connectivity index (χ4n) is 1.49. The van der Waals surface area contributed by atoms with Crippen molar-refractivity contribution in [3.05, 3.63) is 71.6 Å². The molecule has 0 bridgehead atoms. The number of anilines is 1. The molecule has 0 aromatic heterocycles. The molecule has 98 valence electrons. The Morgan fingerprint density at radius 2 is 1.80 bits per heavy atom. The zero-order chi connectivity index (χ0) is 14.2. The molecule has 0 aliphatic carbocycles. The molecule has 0 saturated heterocycles. The Morgan fingerprint density at radius 3 is 2.45 bits per heavy atom. The number of nitrogens with zero attached hydrogens (tertiary/aromatic N) is 1. The van der Waals surface area contributed by atoms with Crippen LogP contribution in [0.1, 0.15) is 5.56 Å². The lowest BCUT2D eigenvalue weighted by atomic mass is 10.2. The highest BCUT2D eigenvalue weighted by Gasteiger charge is 1.98. The predicted octanol–water partition coefficient (Wildman–Crippen LogP) is 3.80. The molecule has 0 unspecified atom stereocenters. The summed E-state index contributed by atoms with van der Waals surface area (Å²) in [6, 6.07) is 18.6. The Hall–Kier alpha value is -2.51. The van der Waals surface area contributed by atoms with Crippen LogP contribution in [-0.4, -0.2) is 5.91 Å². The number of carbonyl (C=O) groups is 1. The summed E-state index contributed by atoms with van der Waals surface area (Å²) in [6.45, 7) is 0. The highest BCUT2D eigenvalue weighted by atomic mass is 32.2. The highest BCUT2D eigenvalue weighted by Crippen LogP contribution is 2.18. The summed E-state index contributed by atoms with van der Waals surface area (Å²) in [4.78, 5) is 12.8. The Morgan fingerprint density at radius 1 is 1.10 bits per heavy atom. The number of nitrogens with one attached hydrogen (secondary N) is 1. The van der Waals surface area contributed by atoms with Crippen LogP contribution in [0.3, 0.4) is 0 Å². The van der Waals surface area contributed by atoms with Gasteiger partial charge in [-0.1, -0.05) is 30.0 Å². The Labute approximate surface area is 121 Å². The average Bonchev–Trinajstić information content (AvgIpc) is 2.49. The van der Waals surface area contributed by atoms with Gasteiger partial charge in [0.1, 0.15) is 0 Å². The number of hydrogen-bond donors (Lipinski definition) is 1. The molecule has 3 nitrogen and oxygen atoms in total. The Bertz CT molecular complexity index is 642. The van der Waals surface area contributed by atoms with E-state index in [1.807, 2.05) is 36.4 Å². The summed E-state index contributed by atoms with van der Waals surface area (Å²) >= 11 is 1.48. The second-order valence-electron chi connectivity index (χ2n) is 3.91. The molecule has 1 N–H and O–H groups in total. The van der Waals surface area contributed by atoms with Crippen molar-refractivity contribution in [3.63, 3.8) is 0 Å². The van der Waals surface area contributed by atoms with Crippen LogP contribution >= 0.6 is 11.8 Å². The predicted molar refractivity (Wildman–Crippen MR) is 81.2 cm³/mol. The van der Waals surface area contributed by atoms with E-state index in [2.05, 4.69) is 5.32 Å². The van der Waals surface area contributed by atoms with Crippen LogP contribution in [0.4, 0.5) is 5.69 Å². The third kappa shape index (κ3) is 4.30. The van der Waals surface area contributed by atoms with Gasteiger partial charge in [0.2, 0.25) is 5.91 Å². The maximum atomic E-state index is 11.7. The summed E-state index contributed by atoms with van der Waals surface area (Å²) in [7, 11) is 0. The van der Waals surface area contributed by atoms with Gasteiger partial charge in [-0.15, -0.1) is 0 Å². The van der Waals surface area contributed by atoms with E-state index >= 15 is 0 Å². The average molecular weight is 280 g/mol. The lowest BCUT2D eigenvalue weighted by Gasteiger charge is -2.01. The van der Waals surface area contributed by atoms with E-state index in [1.54, 1.807) is 29.7 Å². The van der Waals surface area contributed by atoms with Gasteiger partial charge < -0.3 is 5.32 Å². The zero-order valence-electron chi connectivity index (χ0n) is 10.6. The molecule has 0 saturated carbocycles. The van der Waals surface area contributed by atoms with Gasteiger partial charge >= 0.3 is 0 Å². The SMILES string of the molecule is N#Cc1ccc(NC(=O)C=CSc2ccccc2)cc1. The minimum atomic E-state index is -0.196. The number of rotatable bonds is 4. The van der Waals surface area contributed by atoms with Crippen molar-refractivity contribution >= 4 is 23.4 Å². The van der Waals surface area contributed by atoms with Crippen LogP contribution in [0.25, 0.3) is 0 Å². The minimum Gasteiger partial charge on any atom is -0.322 e. The summed E-state index contributed by atoms with van der Waals surface area (Å²) in [5.41, 5.74) is 1.24. The number of hydrogen-bond acceptors (Lipinski definition) is 3. The topological polar surface area (TPSA) is 52.9 Å². The van der Waals surface area contributed by atoms with Gasteiger partial charge in [-0.2, -0.15) is 5.26 Å². The van der Waals surface area contributed by atoms with Crippen LogP contribution in [0.5, 0.6) is 0 Å². The van der Waals surface area contributed by atoms with Crippen molar-refractivity contribution in [3.8, 4) is 6.07 Å².